The molecule has 0 unspecified atom stereocenters. The Morgan fingerprint density at radius 3 is 2.68 bits per heavy atom. The summed E-state index contributed by atoms with van der Waals surface area (Å²) >= 11 is 0. The van der Waals surface area contributed by atoms with E-state index in [2.05, 4.69) is 5.32 Å². The number of carbonyl (C=O) groups excluding carboxylic acids is 1. The lowest BCUT2D eigenvalue weighted by molar-refractivity contribution is -0.123. The van der Waals surface area contributed by atoms with E-state index in [-0.39, 0.29) is 18.1 Å². The topological polar surface area (TPSA) is 58.6 Å². The van der Waals surface area contributed by atoms with Crippen LogP contribution in [-0.2, 0) is 4.79 Å². The Balaban J connectivity index is 1.56. The summed E-state index contributed by atoms with van der Waals surface area (Å²) in [6.45, 7) is 2.58. The molecule has 1 amide bonds. The number of benzene rings is 1. The van der Waals surface area contributed by atoms with Gasteiger partial charge < -0.3 is 15.2 Å². The predicted molar refractivity (Wildman–Crippen MR) is 73.1 cm³/mol. The first-order valence-electron chi connectivity index (χ1n) is 6.80. The van der Waals surface area contributed by atoms with Gasteiger partial charge in [-0.25, -0.2) is 0 Å². The molecule has 4 heteroatoms. The average molecular weight is 263 g/mol. The third kappa shape index (κ3) is 4.56. The lowest BCUT2D eigenvalue weighted by atomic mass is 9.89. The molecule has 1 aliphatic carbocycles. The van der Waals surface area contributed by atoms with Crippen LogP contribution in [0.2, 0.25) is 0 Å². The molecule has 2 N–H and O–H groups in total. The van der Waals surface area contributed by atoms with E-state index in [1.54, 1.807) is 0 Å². The molecule has 0 atom stereocenters. The molecule has 0 saturated heterocycles. The van der Waals surface area contributed by atoms with Gasteiger partial charge in [0.05, 0.1) is 12.7 Å². The molecule has 0 aromatic heterocycles. The van der Waals surface area contributed by atoms with Gasteiger partial charge in [-0.15, -0.1) is 0 Å². The molecule has 1 aromatic rings. The van der Waals surface area contributed by atoms with E-state index >= 15 is 0 Å². The number of hydrogen-bond acceptors (Lipinski definition) is 3. The fourth-order valence-corrected chi connectivity index (χ4v) is 2.06. The van der Waals surface area contributed by atoms with Gasteiger partial charge in [0.1, 0.15) is 5.75 Å². The maximum absolute atomic E-state index is 11.6. The van der Waals surface area contributed by atoms with Crippen LogP contribution in [0, 0.1) is 6.92 Å². The first kappa shape index (κ1) is 13.9. The molecule has 19 heavy (non-hydrogen) atoms. The molecule has 0 bridgehead atoms. The van der Waals surface area contributed by atoms with E-state index in [0.29, 0.717) is 32.3 Å². The van der Waals surface area contributed by atoms with Crippen molar-refractivity contribution in [1.29, 1.82) is 0 Å². The highest BCUT2D eigenvalue weighted by molar-refractivity contribution is 5.76. The minimum atomic E-state index is -0.227. The normalized spacial score (nSPS) is 21.6. The molecule has 0 radical (unpaired) electrons. The standard InChI is InChI=1S/C15H21NO3/c1-11-4-6-14(7-5-11)19-8-2-3-15(18)16-12-9-13(17)10-12/h4-7,12-13,17H,2-3,8-10H2,1H3,(H,16,18). The summed E-state index contributed by atoms with van der Waals surface area (Å²) < 4.78 is 5.55. The van der Waals surface area contributed by atoms with Crippen LogP contribution >= 0.6 is 0 Å². The zero-order chi connectivity index (χ0) is 13.7. The number of aryl methyl sites for hydroxylation is 1. The minimum absolute atomic E-state index is 0.0457. The van der Waals surface area contributed by atoms with Gasteiger partial charge in [0.25, 0.3) is 0 Å². The van der Waals surface area contributed by atoms with Crippen LogP contribution in [0.5, 0.6) is 5.75 Å². The maximum Gasteiger partial charge on any atom is 0.220 e. The van der Waals surface area contributed by atoms with Gasteiger partial charge in [-0.3, -0.25) is 4.79 Å². The van der Waals surface area contributed by atoms with Crippen molar-refractivity contribution in [1.82, 2.24) is 5.32 Å². The number of aliphatic hydroxyl groups excluding tert-OH is 1. The molecule has 104 valence electrons. The minimum Gasteiger partial charge on any atom is -0.494 e. The van der Waals surface area contributed by atoms with Crippen molar-refractivity contribution in [2.75, 3.05) is 6.61 Å². The lowest BCUT2D eigenvalue weighted by Gasteiger charge is -2.31. The van der Waals surface area contributed by atoms with Crippen LogP contribution in [-0.4, -0.2) is 29.8 Å². The highest BCUT2D eigenvalue weighted by Gasteiger charge is 2.27. The van der Waals surface area contributed by atoms with Crippen molar-refractivity contribution in [3.63, 3.8) is 0 Å². The fraction of sp³-hybridized carbons (Fsp3) is 0.533. The smallest absolute Gasteiger partial charge is 0.220 e. The van der Waals surface area contributed by atoms with E-state index in [9.17, 15) is 4.79 Å². The number of amides is 1. The summed E-state index contributed by atoms with van der Waals surface area (Å²) in [6, 6.07) is 8.05. The van der Waals surface area contributed by atoms with Crippen LogP contribution in [0.3, 0.4) is 0 Å². The number of aliphatic hydroxyl groups is 1. The molecule has 0 heterocycles. The quantitative estimate of drug-likeness (QED) is 0.769. The number of hydrogen-bond donors (Lipinski definition) is 2. The van der Waals surface area contributed by atoms with Crippen molar-refractivity contribution in [3.05, 3.63) is 29.8 Å². The van der Waals surface area contributed by atoms with Crippen molar-refractivity contribution in [2.24, 2.45) is 0 Å². The van der Waals surface area contributed by atoms with Crippen LogP contribution in [0.4, 0.5) is 0 Å². The molecule has 0 aliphatic heterocycles. The highest BCUT2D eigenvalue weighted by Crippen LogP contribution is 2.19. The summed E-state index contributed by atoms with van der Waals surface area (Å²) in [5.74, 6) is 0.887. The van der Waals surface area contributed by atoms with Crippen LogP contribution in [0.1, 0.15) is 31.2 Å². The Morgan fingerprint density at radius 2 is 2.05 bits per heavy atom. The summed E-state index contributed by atoms with van der Waals surface area (Å²) in [5.41, 5.74) is 1.20. The van der Waals surface area contributed by atoms with Gasteiger partial charge in [0.2, 0.25) is 5.91 Å². The first-order chi connectivity index (χ1) is 9.13. The summed E-state index contributed by atoms with van der Waals surface area (Å²) in [7, 11) is 0. The van der Waals surface area contributed by atoms with E-state index in [0.717, 1.165) is 5.75 Å². The second-order valence-corrected chi connectivity index (χ2v) is 5.15. The largest absolute Gasteiger partial charge is 0.494 e. The number of nitrogens with one attached hydrogen (secondary N) is 1. The van der Waals surface area contributed by atoms with E-state index in [4.69, 9.17) is 9.84 Å². The number of ether oxygens (including phenoxy) is 1. The first-order valence-corrected chi connectivity index (χ1v) is 6.80. The van der Waals surface area contributed by atoms with E-state index in [1.165, 1.54) is 5.56 Å². The van der Waals surface area contributed by atoms with Crippen molar-refractivity contribution in [3.8, 4) is 5.75 Å². The SMILES string of the molecule is Cc1ccc(OCCCC(=O)NC2CC(O)C2)cc1. The average Bonchev–Trinajstić information content (AvgIpc) is 2.35. The molecule has 4 nitrogen and oxygen atoms in total. The van der Waals surface area contributed by atoms with Crippen molar-refractivity contribution in [2.45, 2.75) is 44.8 Å². The van der Waals surface area contributed by atoms with Gasteiger partial charge in [-0.2, -0.15) is 0 Å². The molecule has 0 spiro atoms. The summed E-state index contributed by atoms with van der Waals surface area (Å²) in [5, 5.41) is 12.0. The van der Waals surface area contributed by atoms with E-state index < -0.39 is 0 Å². The Bertz CT molecular complexity index is 410. The maximum atomic E-state index is 11.6. The van der Waals surface area contributed by atoms with E-state index in [1.807, 2.05) is 31.2 Å². The second kappa shape index (κ2) is 6.57. The zero-order valence-electron chi connectivity index (χ0n) is 11.3. The van der Waals surface area contributed by atoms with Crippen LogP contribution in [0.15, 0.2) is 24.3 Å². The van der Waals surface area contributed by atoms with Gasteiger partial charge in [0, 0.05) is 12.5 Å². The Kier molecular flexibility index (Phi) is 4.80. The second-order valence-electron chi connectivity index (χ2n) is 5.15. The molecule has 1 aliphatic rings. The van der Waals surface area contributed by atoms with Crippen LogP contribution in [0.25, 0.3) is 0 Å². The van der Waals surface area contributed by atoms with Crippen molar-refractivity contribution < 1.29 is 14.6 Å². The Labute approximate surface area is 113 Å². The summed E-state index contributed by atoms with van der Waals surface area (Å²) in [6.07, 6.45) is 2.32. The number of carbonyl (C=O) groups is 1. The molecule has 1 aromatic carbocycles. The third-order valence-electron chi connectivity index (χ3n) is 3.32. The molecule has 1 fully saturated rings. The molecule has 2 rings (SSSR count). The fourth-order valence-electron chi connectivity index (χ4n) is 2.06. The van der Waals surface area contributed by atoms with Gasteiger partial charge in [-0.1, -0.05) is 17.7 Å². The molecular formula is C15H21NO3. The van der Waals surface area contributed by atoms with Crippen LogP contribution < -0.4 is 10.1 Å². The molecular weight excluding hydrogens is 242 g/mol. The van der Waals surface area contributed by atoms with Gasteiger partial charge in [-0.05, 0) is 38.3 Å². The lowest BCUT2D eigenvalue weighted by Crippen LogP contribution is -2.46. The monoisotopic (exact) mass is 263 g/mol. The Morgan fingerprint density at radius 1 is 1.37 bits per heavy atom. The van der Waals surface area contributed by atoms with Crippen molar-refractivity contribution >= 4 is 5.91 Å². The highest BCUT2D eigenvalue weighted by atomic mass is 16.5. The number of rotatable bonds is 6. The molecule has 1 saturated carbocycles. The third-order valence-corrected chi connectivity index (χ3v) is 3.32. The predicted octanol–water partition coefficient (Wildman–Crippen LogP) is 1.79. The Hall–Kier alpha value is -1.55. The van der Waals surface area contributed by atoms with Gasteiger partial charge >= 0.3 is 0 Å². The van der Waals surface area contributed by atoms with Gasteiger partial charge in [0.15, 0.2) is 0 Å². The summed E-state index contributed by atoms with van der Waals surface area (Å²) in [4.78, 5) is 11.6. The zero-order valence-corrected chi connectivity index (χ0v) is 11.3.